The molecule has 0 aromatic carbocycles. The molecule has 0 radical (unpaired) electrons. The van der Waals surface area contributed by atoms with Crippen LogP contribution in [0.5, 0.6) is 0 Å². The smallest absolute Gasteiger partial charge is 0.0788 e. The molecule has 188 valence electrons. The lowest BCUT2D eigenvalue weighted by atomic mass is 9.46. The molecule has 4 rings (SSSR count). The molecule has 0 heterocycles. The zero-order valence-corrected chi connectivity index (χ0v) is 22.8. The monoisotopic (exact) mass is 456 g/mol. The van der Waals surface area contributed by atoms with E-state index in [1.54, 1.807) is 0 Å². The van der Waals surface area contributed by atoms with Crippen molar-refractivity contribution < 1.29 is 9.84 Å². The van der Waals surface area contributed by atoms with Gasteiger partial charge in [0.1, 0.15) is 0 Å². The van der Waals surface area contributed by atoms with Crippen molar-refractivity contribution in [2.75, 3.05) is 7.11 Å². The third-order valence-electron chi connectivity index (χ3n) is 11.2. The van der Waals surface area contributed by atoms with E-state index in [1.165, 1.54) is 31.3 Å². The third-order valence-corrected chi connectivity index (χ3v) is 11.2. The molecule has 9 atom stereocenters. The van der Waals surface area contributed by atoms with E-state index in [9.17, 15) is 5.11 Å². The van der Waals surface area contributed by atoms with E-state index in [0.29, 0.717) is 40.9 Å². The highest BCUT2D eigenvalue weighted by atomic mass is 16.5. The maximum Gasteiger partial charge on any atom is 0.0788 e. The Bertz CT molecular complexity index is 742. The molecule has 1 unspecified atom stereocenters. The van der Waals surface area contributed by atoms with Crippen molar-refractivity contribution in [3.05, 3.63) is 23.8 Å². The quantitative estimate of drug-likeness (QED) is 0.415. The van der Waals surface area contributed by atoms with E-state index >= 15 is 0 Å². The Morgan fingerprint density at radius 3 is 2.27 bits per heavy atom. The molecule has 0 aliphatic heterocycles. The van der Waals surface area contributed by atoms with Crippen LogP contribution in [0.4, 0.5) is 0 Å². The summed E-state index contributed by atoms with van der Waals surface area (Å²) >= 11 is 0. The fourth-order valence-corrected chi connectivity index (χ4v) is 9.39. The second-order valence-electron chi connectivity index (χ2n) is 13.5. The second-order valence-corrected chi connectivity index (χ2v) is 13.5. The average molecular weight is 457 g/mol. The van der Waals surface area contributed by atoms with Crippen LogP contribution in [0.3, 0.4) is 0 Å². The lowest BCUT2D eigenvalue weighted by Gasteiger charge is -2.60. The molecule has 2 nitrogen and oxygen atoms in total. The van der Waals surface area contributed by atoms with E-state index in [0.717, 1.165) is 31.1 Å². The van der Waals surface area contributed by atoms with E-state index < -0.39 is 0 Å². The van der Waals surface area contributed by atoms with Crippen LogP contribution in [0, 0.1) is 58.2 Å². The summed E-state index contributed by atoms with van der Waals surface area (Å²) in [6, 6.07) is 0. The highest BCUT2D eigenvalue weighted by Crippen LogP contribution is 2.67. The Kier molecular flexibility index (Phi) is 7.30. The van der Waals surface area contributed by atoms with E-state index in [-0.39, 0.29) is 17.6 Å². The van der Waals surface area contributed by atoms with Gasteiger partial charge in [-0.15, -0.1) is 0 Å². The first-order valence-electron chi connectivity index (χ1n) is 14.1. The normalized spacial score (nSPS) is 44.2. The van der Waals surface area contributed by atoms with E-state index in [4.69, 9.17) is 4.74 Å². The van der Waals surface area contributed by atoms with Crippen molar-refractivity contribution >= 4 is 0 Å². The SMILES string of the molecule is COC1C=C2C[C@@H](O)CC[C@]2(C)[C@H]2CC[C@]3(C)[C@@H]([C@H](C)/C=C/C(C(C)C)C(C)C)CC[C@H]3[C@H]12. The van der Waals surface area contributed by atoms with Gasteiger partial charge in [-0.25, -0.2) is 0 Å². The van der Waals surface area contributed by atoms with Crippen LogP contribution in [0.1, 0.15) is 93.4 Å². The maximum absolute atomic E-state index is 10.4. The lowest BCUT2D eigenvalue weighted by molar-refractivity contribution is -0.104. The van der Waals surface area contributed by atoms with Gasteiger partial charge in [-0.3, -0.25) is 0 Å². The minimum absolute atomic E-state index is 0.156. The molecule has 0 aromatic rings. The molecule has 2 heteroatoms. The van der Waals surface area contributed by atoms with Gasteiger partial charge in [0, 0.05) is 7.11 Å². The highest BCUT2D eigenvalue weighted by Gasteiger charge is 2.61. The number of rotatable bonds is 6. The number of hydrogen-bond acceptors (Lipinski definition) is 2. The molecule has 0 spiro atoms. The minimum Gasteiger partial charge on any atom is -0.393 e. The van der Waals surface area contributed by atoms with Crippen molar-refractivity contribution in [2.24, 2.45) is 58.2 Å². The highest BCUT2D eigenvalue weighted by molar-refractivity contribution is 5.28. The number of hydrogen-bond donors (Lipinski definition) is 1. The summed E-state index contributed by atoms with van der Waals surface area (Å²) in [4.78, 5) is 0. The topological polar surface area (TPSA) is 29.5 Å². The number of aliphatic hydroxyl groups excluding tert-OH is 1. The van der Waals surface area contributed by atoms with Crippen LogP contribution in [-0.2, 0) is 4.74 Å². The molecule has 3 saturated carbocycles. The fraction of sp³-hybridized carbons (Fsp3) is 0.871. The van der Waals surface area contributed by atoms with Crippen molar-refractivity contribution in [3.63, 3.8) is 0 Å². The Hall–Kier alpha value is -0.600. The number of ether oxygens (including phenoxy) is 1. The van der Waals surface area contributed by atoms with Gasteiger partial charge in [-0.2, -0.15) is 0 Å². The molecule has 0 saturated heterocycles. The van der Waals surface area contributed by atoms with Crippen molar-refractivity contribution in [2.45, 2.75) is 106 Å². The summed E-state index contributed by atoms with van der Waals surface area (Å²) < 4.78 is 6.20. The van der Waals surface area contributed by atoms with Crippen LogP contribution in [0.25, 0.3) is 0 Å². The van der Waals surface area contributed by atoms with Crippen LogP contribution < -0.4 is 0 Å². The maximum atomic E-state index is 10.4. The Morgan fingerprint density at radius 2 is 1.64 bits per heavy atom. The number of allylic oxidation sites excluding steroid dienone is 2. The predicted octanol–water partition coefficient (Wildman–Crippen LogP) is 7.67. The first-order chi connectivity index (χ1) is 15.5. The summed E-state index contributed by atoms with van der Waals surface area (Å²) in [7, 11) is 1.92. The first kappa shape index (κ1) is 25.5. The third kappa shape index (κ3) is 4.31. The largest absolute Gasteiger partial charge is 0.393 e. The number of fused-ring (bicyclic) bond motifs is 5. The van der Waals surface area contributed by atoms with Gasteiger partial charge in [0.15, 0.2) is 0 Å². The Morgan fingerprint density at radius 1 is 0.939 bits per heavy atom. The minimum atomic E-state index is -0.156. The van der Waals surface area contributed by atoms with Crippen molar-refractivity contribution in [3.8, 4) is 0 Å². The van der Waals surface area contributed by atoms with Crippen LogP contribution in [0.2, 0.25) is 0 Å². The second kappa shape index (κ2) is 9.45. The van der Waals surface area contributed by atoms with Crippen molar-refractivity contribution in [1.82, 2.24) is 0 Å². The average Bonchev–Trinajstić information content (AvgIpc) is 3.10. The van der Waals surface area contributed by atoms with Gasteiger partial charge >= 0.3 is 0 Å². The molecule has 1 N–H and O–H groups in total. The lowest BCUT2D eigenvalue weighted by Crippen LogP contribution is -2.55. The molecule has 0 aromatic heterocycles. The molecular formula is C31H52O2. The van der Waals surface area contributed by atoms with Crippen molar-refractivity contribution in [1.29, 1.82) is 0 Å². The molecule has 0 bridgehead atoms. The molecule has 4 aliphatic rings. The summed E-state index contributed by atoms with van der Waals surface area (Å²) in [6.45, 7) is 17.1. The summed E-state index contributed by atoms with van der Waals surface area (Å²) in [6.07, 6.45) is 16.1. The molecule has 4 aliphatic carbocycles. The molecular weight excluding hydrogens is 404 g/mol. The fourth-order valence-electron chi connectivity index (χ4n) is 9.39. The van der Waals surface area contributed by atoms with Gasteiger partial charge in [0.25, 0.3) is 0 Å². The number of methoxy groups -OCH3 is 1. The van der Waals surface area contributed by atoms with Gasteiger partial charge in [0.05, 0.1) is 12.2 Å². The van der Waals surface area contributed by atoms with E-state index in [2.05, 4.69) is 66.7 Å². The van der Waals surface area contributed by atoms with Gasteiger partial charge in [-0.1, -0.05) is 72.3 Å². The standard InChI is InChI=1S/C31H52O2/c1-19(2)24(20(3)4)10-9-21(5)25-11-12-26-29-27(14-16-31(25,26)7)30(6)15-13-23(32)17-22(30)18-28(29)33-8/h9-10,18-21,23-29,32H,11-17H2,1-8H3/b10-9+/t21-,23+,25-,26+,27+,28?,29+,30+,31-/m1/s1. The summed E-state index contributed by atoms with van der Waals surface area (Å²) in [5.41, 5.74) is 2.19. The zero-order valence-electron chi connectivity index (χ0n) is 22.8. The Balaban J connectivity index is 1.59. The van der Waals surface area contributed by atoms with Gasteiger partial charge in [0.2, 0.25) is 0 Å². The summed E-state index contributed by atoms with van der Waals surface area (Å²) in [5, 5.41) is 10.4. The van der Waals surface area contributed by atoms with Crippen LogP contribution in [-0.4, -0.2) is 24.4 Å². The molecule has 0 amide bonds. The molecule has 3 fully saturated rings. The zero-order chi connectivity index (χ0) is 24.1. The summed E-state index contributed by atoms with van der Waals surface area (Å²) in [5.74, 6) is 5.62. The van der Waals surface area contributed by atoms with E-state index in [1.807, 2.05) is 7.11 Å². The predicted molar refractivity (Wildman–Crippen MR) is 139 cm³/mol. The van der Waals surface area contributed by atoms with Gasteiger partial charge < -0.3 is 9.84 Å². The van der Waals surface area contributed by atoms with Gasteiger partial charge in [-0.05, 0) is 103 Å². The Labute approximate surface area is 204 Å². The first-order valence-corrected chi connectivity index (χ1v) is 14.1. The van der Waals surface area contributed by atoms with Crippen LogP contribution >= 0.6 is 0 Å². The van der Waals surface area contributed by atoms with Crippen LogP contribution in [0.15, 0.2) is 23.8 Å². The molecule has 33 heavy (non-hydrogen) atoms. The number of aliphatic hydroxyl groups is 1.